The van der Waals surface area contributed by atoms with Gasteiger partial charge in [0.05, 0.1) is 5.25 Å². The van der Waals surface area contributed by atoms with E-state index >= 15 is 0 Å². The molecule has 1 atom stereocenters. The highest BCUT2D eigenvalue weighted by Gasteiger charge is 2.19. The average Bonchev–Trinajstić information content (AvgIpc) is 2.10. The van der Waals surface area contributed by atoms with Gasteiger partial charge in [-0.05, 0) is 13.3 Å². The van der Waals surface area contributed by atoms with Crippen molar-refractivity contribution in [2.45, 2.75) is 45.4 Å². The Labute approximate surface area is 87.5 Å². The normalized spacial score (nSPS) is 14.6. The van der Waals surface area contributed by atoms with E-state index in [1.807, 2.05) is 20.8 Å². The van der Waals surface area contributed by atoms with Crippen molar-refractivity contribution in [3.05, 3.63) is 0 Å². The molecule has 0 fully saturated rings. The first-order valence-electron chi connectivity index (χ1n) is 5.12. The quantitative estimate of drug-likeness (QED) is 0.667. The SMILES string of the molecule is CCCNS(=O)(=O)C(C)CNC(C)C. The van der Waals surface area contributed by atoms with Gasteiger partial charge in [-0.2, -0.15) is 0 Å². The third-order valence-electron chi connectivity index (χ3n) is 1.90. The summed E-state index contributed by atoms with van der Waals surface area (Å²) in [6.45, 7) is 8.68. The second-order valence-electron chi connectivity index (χ2n) is 3.81. The zero-order valence-electron chi connectivity index (χ0n) is 9.50. The minimum Gasteiger partial charge on any atom is -0.313 e. The molecule has 0 aromatic heterocycles. The van der Waals surface area contributed by atoms with Gasteiger partial charge < -0.3 is 5.32 Å². The van der Waals surface area contributed by atoms with Crippen molar-refractivity contribution in [2.24, 2.45) is 0 Å². The molecule has 0 saturated heterocycles. The van der Waals surface area contributed by atoms with Crippen molar-refractivity contribution < 1.29 is 8.42 Å². The Morgan fingerprint density at radius 2 is 1.79 bits per heavy atom. The van der Waals surface area contributed by atoms with E-state index in [1.54, 1.807) is 6.92 Å². The summed E-state index contributed by atoms with van der Waals surface area (Å²) in [5.74, 6) is 0. The summed E-state index contributed by atoms with van der Waals surface area (Å²) >= 11 is 0. The number of rotatable bonds is 7. The predicted octanol–water partition coefficient (Wildman–Crippen LogP) is 0.702. The first kappa shape index (κ1) is 13.9. The van der Waals surface area contributed by atoms with Gasteiger partial charge in [0.2, 0.25) is 10.0 Å². The Morgan fingerprint density at radius 1 is 1.21 bits per heavy atom. The number of sulfonamides is 1. The van der Waals surface area contributed by atoms with Crippen LogP contribution in [0.3, 0.4) is 0 Å². The van der Waals surface area contributed by atoms with E-state index in [0.717, 1.165) is 6.42 Å². The van der Waals surface area contributed by atoms with Crippen molar-refractivity contribution in [2.75, 3.05) is 13.1 Å². The molecule has 0 aliphatic rings. The molecule has 0 saturated carbocycles. The van der Waals surface area contributed by atoms with E-state index < -0.39 is 10.0 Å². The lowest BCUT2D eigenvalue weighted by molar-refractivity contribution is 0.540. The largest absolute Gasteiger partial charge is 0.313 e. The standard InChI is InChI=1S/C9H22N2O2S/c1-5-6-11-14(12,13)9(4)7-10-8(2)3/h8-11H,5-7H2,1-4H3. The van der Waals surface area contributed by atoms with Crippen LogP contribution in [0.1, 0.15) is 34.1 Å². The molecule has 0 aliphatic heterocycles. The van der Waals surface area contributed by atoms with Crippen molar-refractivity contribution >= 4 is 10.0 Å². The molecule has 86 valence electrons. The summed E-state index contributed by atoms with van der Waals surface area (Å²) in [7, 11) is -3.13. The molecule has 0 heterocycles. The first-order chi connectivity index (χ1) is 6.40. The molecule has 0 radical (unpaired) electrons. The molecule has 0 aromatic carbocycles. The van der Waals surface area contributed by atoms with Crippen LogP contribution in [0.25, 0.3) is 0 Å². The highest BCUT2D eigenvalue weighted by molar-refractivity contribution is 7.90. The van der Waals surface area contributed by atoms with Crippen LogP contribution in [-0.4, -0.2) is 32.8 Å². The van der Waals surface area contributed by atoms with Crippen molar-refractivity contribution in [1.29, 1.82) is 0 Å². The number of hydrogen-bond donors (Lipinski definition) is 2. The molecule has 0 aliphatic carbocycles. The maximum absolute atomic E-state index is 11.6. The fourth-order valence-electron chi connectivity index (χ4n) is 0.898. The van der Waals surface area contributed by atoms with E-state index in [4.69, 9.17) is 0 Å². The maximum atomic E-state index is 11.6. The molecular formula is C9H22N2O2S. The molecule has 14 heavy (non-hydrogen) atoms. The smallest absolute Gasteiger partial charge is 0.215 e. The van der Waals surface area contributed by atoms with E-state index in [9.17, 15) is 8.42 Å². The molecule has 0 rings (SSSR count). The topological polar surface area (TPSA) is 58.2 Å². The summed E-state index contributed by atoms with van der Waals surface area (Å²) in [6, 6.07) is 0.318. The first-order valence-corrected chi connectivity index (χ1v) is 6.66. The van der Waals surface area contributed by atoms with Crippen LogP contribution in [0.4, 0.5) is 0 Å². The monoisotopic (exact) mass is 222 g/mol. The van der Waals surface area contributed by atoms with Gasteiger partial charge in [-0.25, -0.2) is 13.1 Å². The van der Waals surface area contributed by atoms with Gasteiger partial charge in [0.15, 0.2) is 0 Å². The highest BCUT2D eigenvalue weighted by Crippen LogP contribution is 1.97. The lowest BCUT2D eigenvalue weighted by atomic mass is 10.3. The average molecular weight is 222 g/mol. The van der Waals surface area contributed by atoms with Gasteiger partial charge in [0.25, 0.3) is 0 Å². The van der Waals surface area contributed by atoms with Gasteiger partial charge in [0, 0.05) is 19.1 Å². The zero-order valence-corrected chi connectivity index (χ0v) is 10.3. The Balaban J connectivity index is 4.01. The third-order valence-corrected chi connectivity index (χ3v) is 3.73. The third kappa shape index (κ3) is 5.57. The Bertz CT molecular complexity index is 237. The number of hydrogen-bond acceptors (Lipinski definition) is 3. The molecule has 4 nitrogen and oxygen atoms in total. The number of nitrogens with one attached hydrogen (secondary N) is 2. The van der Waals surface area contributed by atoms with Gasteiger partial charge in [-0.3, -0.25) is 0 Å². The molecule has 2 N–H and O–H groups in total. The van der Waals surface area contributed by atoms with Gasteiger partial charge in [0.1, 0.15) is 0 Å². The zero-order chi connectivity index (χ0) is 11.2. The second-order valence-corrected chi connectivity index (χ2v) is 6.00. The minimum atomic E-state index is -3.13. The van der Waals surface area contributed by atoms with Crippen LogP contribution in [0, 0.1) is 0 Å². The van der Waals surface area contributed by atoms with Crippen LogP contribution in [0.2, 0.25) is 0 Å². The van der Waals surface area contributed by atoms with Crippen LogP contribution >= 0.6 is 0 Å². The van der Waals surface area contributed by atoms with Crippen LogP contribution < -0.4 is 10.0 Å². The summed E-state index contributed by atoms with van der Waals surface area (Å²) in [5, 5.41) is 2.73. The maximum Gasteiger partial charge on any atom is 0.215 e. The van der Waals surface area contributed by atoms with Crippen LogP contribution in [-0.2, 0) is 10.0 Å². The summed E-state index contributed by atoms with van der Waals surface area (Å²) in [5.41, 5.74) is 0. The second kappa shape index (κ2) is 6.37. The fraction of sp³-hybridized carbons (Fsp3) is 1.00. The summed E-state index contributed by atoms with van der Waals surface area (Å²) < 4.78 is 25.7. The van der Waals surface area contributed by atoms with Crippen molar-refractivity contribution in [3.8, 4) is 0 Å². The molecule has 0 spiro atoms. The lowest BCUT2D eigenvalue weighted by Gasteiger charge is -2.15. The lowest BCUT2D eigenvalue weighted by Crippen LogP contribution is -2.40. The van der Waals surface area contributed by atoms with Crippen LogP contribution in [0.15, 0.2) is 0 Å². The molecular weight excluding hydrogens is 200 g/mol. The van der Waals surface area contributed by atoms with Crippen molar-refractivity contribution in [1.82, 2.24) is 10.0 Å². The van der Waals surface area contributed by atoms with Gasteiger partial charge in [-0.15, -0.1) is 0 Å². The van der Waals surface area contributed by atoms with Crippen LogP contribution in [0.5, 0.6) is 0 Å². The van der Waals surface area contributed by atoms with Gasteiger partial charge >= 0.3 is 0 Å². The Hall–Kier alpha value is -0.130. The highest BCUT2D eigenvalue weighted by atomic mass is 32.2. The molecule has 0 aromatic rings. The summed E-state index contributed by atoms with van der Waals surface area (Å²) in [6.07, 6.45) is 0.823. The molecule has 5 heteroatoms. The van der Waals surface area contributed by atoms with E-state index in [0.29, 0.717) is 19.1 Å². The van der Waals surface area contributed by atoms with Gasteiger partial charge in [-0.1, -0.05) is 20.8 Å². The summed E-state index contributed by atoms with van der Waals surface area (Å²) in [4.78, 5) is 0. The Kier molecular flexibility index (Phi) is 6.31. The Morgan fingerprint density at radius 3 is 2.21 bits per heavy atom. The molecule has 0 bridgehead atoms. The van der Waals surface area contributed by atoms with E-state index in [2.05, 4.69) is 10.0 Å². The molecule has 1 unspecified atom stereocenters. The van der Waals surface area contributed by atoms with Crippen molar-refractivity contribution in [3.63, 3.8) is 0 Å². The molecule has 0 amide bonds. The minimum absolute atomic E-state index is 0.318. The predicted molar refractivity (Wildman–Crippen MR) is 59.8 cm³/mol. The van der Waals surface area contributed by atoms with E-state index in [1.165, 1.54) is 0 Å². The fourth-order valence-corrected chi connectivity index (χ4v) is 1.99. The van der Waals surface area contributed by atoms with E-state index in [-0.39, 0.29) is 5.25 Å².